The predicted octanol–water partition coefficient (Wildman–Crippen LogP) is 6.71. The molecule has 0 fully saturated rings. The molecular formula is C25H31NOS. The highest BCUT2D eigenvalue weighted by Crippen LogP contribution is 2.37. The van der Waals surface area contributed by atoms with E-state index in [4.69, 9.17) is 5.73 Å². The smallest absolute Gasteiger partial charge is 0.124 e. The van der Waals surface area contributed by atoms with Crippen molar-refractivity contribution in [1.82, 2.24) is 0 Å². The fraction of sp³-hybridized carbons (Fsp3) is 0.360. The zero-order chi connectivity index (χ0) is 20.3. The monoisotopic (exact) mass is 393 g/mol. The van der Waals surface area contributed by atoms with Crippen LogP contribution in [0.1, 0.15) is 59.6 Å². The van der Waals surface area contributed by atoms with Crippen molar-refractivity contribution < 1.29 is 5.11 Å². The number of hydrogen-bond acceptors (Lipinski definition) is 3. The molecule has 2 aromatic rings. The van der Waals surface area contributed by atoms with Gasteiger partial charge in [-0.25, -0.2) is 0 Å². The summed E-state index contributed by atoms with van der Waals surface area (Å²) in [5.74, 6) is 0.356. The Kier molecular flexibility index (Phi) is 6.56. The number of aryl methyl sites for hydroxylation is 4. The van der Waals surface area contributed by atoms with Crippen molar-refractivity contribution in [1.29, 1.82) is 0 Å². The molecule has 1 aliphatic carbocycles. The van der Waals surface area contributed by atoms with Crippen LogP contribution in [0, 0.1) is 13.8 Å². The summed E-state index contributed by atoms with van der Waals surface area (Å²) in [7, 11) is 0. The van der Waals surface area contributed by atoms with Crippen LogP contribution in [0.25, 0.3) is 4.91 Å². The minimum Gasteiger partial charge on any atom is -0.507 e. The van der Waals surface area contributed by atoms with Gasteiger partial charge in [0, 0.05) is 16.2 Å². The maximum absolute atomic E-state index is 10.5. The summed E-state index contributed by atoms with van der Waals surface area (Å²) in [5.41, 5.74) is 15.3. The fourth-order valence-electron chi connectivity index (χ4n) is 3.84. The molecule has 0 atom stereocenters. The van der Waals surface area contributed by atoms with Gasteiger partial charge < -0.3 is 10.8 Å². The van der Waals surface area contributed by atoms with Gasteiger partial charge in [-0.2, -0.15) is 0 Å². The molecule has 0 aliphatic heterocycles. The number of thioether (sulfide) groups is 1. The largest absolute Gasteiger partial charge is 0.507 e. The SMILES string of the molecule is C=C(S/C=C(\C)Cc1cc(C)c(N)cc1C)c1cc2c(cc1O)CCCCC2. The van der Waals surface area contributed by atoms with E-state index < -0.39 is 0 Å². The van der Waals surface area contributed by atoms with Gasteiger partial charge >= 0.3 is 0 Å². The zero-order valence-electron chi connectivity index (χ0n) is 17.3. The van der Waals surface area contributed by atoms with Gasteiger partial charge in [-0.15, -0.1) is 0 Å². The highest BCUT2D eigenvalue weighted by Gasteiger charge is 2.14. The second kappa shape index (κ2) is 8.91. The number of phenolic OH excluding ortho intramolecular Hbond substituents is 1. The molecule has 1 aliphatic rings. The lowest BCUT2D eigenvalue weighted by Crippen LogP contribution is -1.97. The summed E-state index contributed by atoms with van der Waals surface area (Å²) in [6.45, 7) is 10.5. The molecule has 0 bridgehead atoms. The van der Waals surface area contributed by atoms with Crippen LogP contribution < -0.4 is 5.73 Å². The van der Waals surface area contributed by atoms with E-state index >= 15 is 0 Å². The van der Waals surface area contributed by atoms with Crippen LogP contribution in [-0.2, 0) is 19.3 Å². The van der Waals surface area contributed by atoms with Gasteiger partial charge in [-0.3, -0.25) is 0 Å². The quantitative estimate of drug-likeness (QED) is 0.438. The molecule has 3 N–H and O–H groups in total. The topological polar surface area (TPSA) is 46.2 Å². The summed E-state index contributed by atoms with van der Waals surface area (Å²) in [6.07, 6.45) is 6.78. The van der Waals surface area contributed by atoms with Crippen molar-refractivity contribution in [3.05, 3.63) is 75.2 Å². The Balaban J connectivity index is 1.72. The molecule has 0 amide bonds. The van der Waals surface area contributed by atoms with E-state index in [9.17, 15) is 5.11 Å². The first kappa shape index (κ1) is 20.6. The van der Waals surface area contributed by atoms with Crippen LogP contribution >= 0.6 is 11.8 Å². The number of nitrogen functional groups attached to an aromatic ring is 1. The highest BCUT2D eigenvalue weighted by molar-refractivity contribution is 8.10. The lowest BCUT2D eigenvalue weighted by atomic mass is 9.99. The predicted molar refractivity (Wildman–Crippen MR) is 124 cm³/mol. The average Bonchev–Trinajstić information content (AvgIpc) is 2.88. The minimum absolute atomic E-state index is 0.356. The standard InChI is InChI=1S/C25H31NOS/c1-16(10-22-11-18(3)24(26)12-17(22)2)15-28-19(4)23-13-20-8-6-5-7-9-21(20)14-25(23)27/h11-15,27H,4-10,26H2,1-3H3/b16-15+. The van der Waals surface area contributed by atoms with Gasteiger partial charge in [0.1, 0.15) is 5.75 Å². The average molecular weight is 394 g/mol. The molecule has 28 heavy (non-hydrogen) atoms. The van der Waals surface area contributed by atoms with Gasteiger partial charge in [-0.1, -0.05) is 36.4 Å². The summed E-state index contributed by atoms with van der Waals surface area (Å²) in [4.78, 5) is 0.897. The number of anilines is 1. The Morgan fingerprint density at radius 2 is 1.75 bits per heavy atom. The van der Waals surface area contributed by atoms with E-state index in [2.05, 4.69) is 51.0 Å². The number of hydrogen-bond donors (Lipinski definition) is 2. The van der Waals surface area contributed by atoms with Crippen molar-refractivity contribution in [3.63, 3.8) is 0 Å². The lowest BCUT2D eigenvalue weighted by molar-refractivity contribution is 0.473. The Morgan fingerprint density at radius 1 is 1.07 bits per heavy atom. The van der Waals surface area contributed by atoms with Crippen molar-refractivity contribution in [2.24, 2.45) is 0 Å². The first-order chi connectivity index (χ1) is 13.3. The Bertz CT molecular complexity index is 927. The van der Waals surface area contributed by atoms with Gasteiger partial charge in [0.2, 0.25) is 0 Å². The first-order valence-corrected chi connectivity index (χ1v) is 10.9. The van der Waals surface area contributed by atoms with Crippen LogP contribution in [0.2, 0.25) is 0 Å². The van der Waals surface area contributed by atoms with Crippen molar-refractivity contribution in [2.75, 3.05) is 5.73 Å². The van der Waals surface area contributed by atoms with E-state index in [0.29, 0.717) is 5.75 Å². The molecule has 0 spiro atoms. The summed E-state index contributed by atoms with van der Waals surface area (Å²) in [5, 5.41) is 12.7. The van der Waals surface area contributed by atoms with Crippen LogP contribution in [0.15, 0.2) is 41.8 Å². The number of benzene rings is 2. The van der Waals surface area contributed by atoms with Crippen LogP contribution in [0.5, 0.6) is 5.75 Å². The number of allylic oxidation sites excluding steroid dienone is 1. The molecule has 2 aromatic carbocycles. The Hall–Kier alpha value is -2.13. The zero-order valence-corrected chi connectivity index (χ0v) is 18.1. The van der Waals surface area contributed by atoms with Crippen LogP contribution in [-0.4, -0.2) is 5.11 Å². The Morgan fingerprint density at radius 3 is 2.46 bits per heavy atom. The van der Waals surface area contributed by atoms with Crippen LogP contribution in [0.4, 0.5) is 5.69 Å². The molecular weight excluding hydrogens is 362 g/mol. The molecule has 0 radical (unpaired) electrons. The number of phenols is 1. The van der Waals surface area contributed by atoms with Gasteiger partial charge in [0.25, 0.3) is 0 Å². The second-order valence-corrected chi connectivity index (χ2v) is 8.98. The minimum atomic E-state index is 0.356. The van der Waals surface area contributed by atoms with Gasteiger partial charge in [0.05, 0.1) is 0 Å². The van der Waals surface area contributed by atoms with Crippen LogP contribution in [0.3, 0.4) is 0 Å². The van der Waals surface area contributed by atoms with E-state index in [-0.39, 0.29) is 0 Å². The number of rotatable bonds is 5. The number of fused-ring (bicyclic) bond motifs is 1. The second-order valence-electron chi connectivity index (χ2n) is 8.02. The van der Waals surface area contributed by atoms with E-state index in [0.717, 1.165) is 41.0 Å². The third kappa shape index (κ3) is 4.82. The van der Waals surface area contributed by atoms with Crippen molar-refractivity contribution in [2.45, 2.75) is 59.3 Å². The molecule has 0 aromatic heterocycles. The third-order valence-electron chi connectivity index (χ3n) is 5.61. The van der Waals surface area contributed by atoms with E-state index in [1.54, 1.807) is 11.8 Å². The van der Waals surface area contributed by atoms with E-state index in [1.807, 2.05) is 6.07 Å². The molecule has 3 heteroatoms. The number of nitrogens with two attached hydrogens (primary N) is 1. The summed E-state index contributed by atoms with van der Waals surface area (Å²) in [6, 6.07) is 8.35. The molecule has 0 saturated carbocycles. The van der Waals surface area contributed by atoms with Crippen molar-refractivity contribution >= 4 is 22.4 Å². The van der Waals surface area contributed by atoms with E-state index in [1.165, 1.54) is 47.1 Å². The maximum Gasteiger partial charge on any atom is 0.124 e. The molecule has 148 valence electrons. The summed E-state index contributed by atoms with van der Waals surface area (Å²) < 4.78 is 0. The highest BCUT2D eigenvalue weighted by atomic mass is 32.2. The maximum atomic E-state index is 10.5. The fourth-order valence-corrected chi connectivity index (χ4v) is 4.56. The lowest BCUT2D eigenvalue weighted by Gasteiger charge is -2.13. The molecule has 0 saturated heterocycles. The van der Waals surface area contributed by atoms with Gasteiger partial charge in [0.15, 0.2) is 0 Å². The normalized spacial score (nSPS) is 14.5. The van der Waals surface area contributed by atoms with Crippen molar-refractivity contribution in [3.8, 4) is 5.75 Å². The first-order valence-electron chi connectivity index (χ1n) is 10.1. The number of aromatic hydroxyl groups is 1. The third-order valence-corrected chi connectivity index (χ3v) is 6.63. The molecule has 3 rings (SSSR count). The molecule has 2 nitrogen and oxygen atoms in total. The molecule has 0 heterocycles. The van der Waals surface area contributed by atoms with Gasteiger partial charge in [-0.05, 0) is 104 Å². The Labute approximate surface area is 173 Å². The molecule has 0 unspecified atom stereocenters. The summed E-state index contributed by atoms with van der Waals surface area (Å²) >= 11 is 1.60.